The zero-order chi connectivity index (χ0) is 13.1. The van der Waals surface area contributed by atoms with Crippen molar-refractivity contribution in [1.82, 2.24) is 9.80 Å². The number of likely N-dealkylation sites (N-methyl/N-ethyl adjacent to an activating group) is 1. The first kappa shape index (κ1) is 14.2. The van der Waals surface area contributed by atoms with Gasteiger partial charge >= 0.3 is 12.0 Å². The molecule has 1 N–H and O–H groups in total. The number of nitrogens with zero attached hydrogens (tertiary/aromatic N) is 2. The SMILES string of the molecule is CN(C(=O)N1CCCSCC1)C(C)(C)C(=O)O. The van der Waals surface area contributed by atoms with Crippen LogP contribution in [-0.2, 0) is 4.79 Å². The lowest BCUT2D eigenvalue weighted by atomic mass is 10.0. The zero-order valence-electron chi connectivity index (χ0n) is 10.6. The van der Waals surface area contributed by atoms with Crippen molar-refractivity contribution >= 4 is 23.8 Å². The summed E-state index contributed by atoms with van der Waals surface area (Å²) in [4.78, 5) is 26.3. The fourth-order valence-electron chi connectivity index (χ4n) is 1.53. The van der Waals surface area contributed by atoms with Gasteiger partial charge in [-0.1, -0.05) is 0 Å². The minimum atomic E-state index is -1.17. The Balaban J connectivity index is 2.71. The van der Waals surface area contributed by atoms with Crippen molar-refractivity contribution in [2.75, 3.05) is 31.6 Å². The highest BCUT2D eigenvalue weighted by molar-refractivity contribution is 7.99. The molecule has 0 aromatic carbocycles. The summed E-state index contributed by atoms with van der Waals surface area (Å²) >= 11 is 1.83. The molecule has 0 aromatic rings. The van der Waals surface area contributed by atoms with E-state index in [1.54, 1.807) is 25.8 Å². The number of hydrogen-bond donors (Lipinski definition) is 1. The number of carbonyl (C=O) groups excluding carboxylic acids is 1. The first-order valence-corrected chi connectivity index (χ1v) is 6.86. The summed E-state index contributed by atoms with van der Waals surface area (Å²) in [6.45, 7) is 4.50. The topological polar surface area (TPSA) is 60.9 Å². The largest absolute Gasteiger partial charge is 0.480 e. The van der Waals surface area contributed by atoms with Crippen molar-refractivity contribution in [2.45, 2.75) is 25.8 Å². The number of aliphatic carboxylic acids is 1. The Kier molecular flexibility index (Phi) is 4.68. The molecule has 5 nitrogen and oxygen atoms in total. The average molecular weight is 260 g/mol. The highest BCUT2D eigenvalue weighted by atomic mass is 32.2. The Morgan fingerprint density at radius 3 is 2.53 bits per heavy atom. The number of hydrogen-bond acceptors (Lipinski definition) is 3. The van der Waals surface area contributed by atoms with Gasteiger partial charge < -0.3 is 14.9 Å². The monoisotopic (exact) mass is 260 g/mol. The van der Waals surface area contributed by atoms with E-state index in [1.165, 1.54) is 4.90 Å². The molecule has 1 rings (SSSR count). The summed E-state index contributed by atoms with van der Waals surface area (Å²) in [6, 6.07) is -0.195. The molecule has 0 saturated carbocycles. The van der Waals surface area contributed by atoms with Gasteiger partial charge in [0, 0.05) is 25.9 Å². The molecule has 6 heteroatoms. The second-order valence-electron chi connectivity index (χ2n) is 4.66. The van der Waals surface area contributed by atoms with Crippen LogP contribution in [-0.4, -0.2) is 64.1 Å². The summed E-state index contributed by atoms with van der Waals surface area (Å²) in [6.07, 6.45) is 0.970. The van der Waals surface area contributed by atoms with E-state index in [9.17, 15) is 9.59 Å². The molecule has 1 heterocycles. The molecule has 2 amide bonds. The molecule has 1 saturated heterocycles. The van der Waals surface area contributed by atoms with E-state index in [4.69, 9.17) is 5.11 Å². The van der Waals surface area contributed by atoms with Crippen LogP contribution < -0.4 is 0 Å². The van der Waals surface area contributed by atoms with E-state index in [2.05, 4.69) is 0 Å². The molecular weight excluding hydrogens is 240 g/mol. The number of carboxylic acid groups (broad SMARTS) is 1. The lowest BCUT2D eigenvalue weighted by Crippen LogP contribution is -2.55. The van der Waals surface area contributed by atoms with Gasteiger partial charge in [-0.05, 0) is 26.0 Å². The van der Waals surface area contributed by atoms with Crippen LogP contribution in [0.4, 0.5) is 4.79 Å². The third kappa shape index (κ3) is 3.28. The summed E-state index contributed by atoms with van der Waals surface area (Å²) in [5.74, 6) is 1.00. The summed E-state index contributed by atoms with van der Waals surface area (Å²) in [5, 5.41) is 9.10. The molecule has 1 aliphatic rings. The van der Waals surface area contributed by atoms with E-state index in [1.807, 2.05) is 11.8 Å². The van der Waals surface area contributed by atoms with Crippen LogP contribution >= 0.6 is 11.8 Å². The lowest BCUT2D eigenvalue weighted by molar-refractivity contribution is -0.147. The Morgan fingerprint density at radius 1 is 1.29 bits per heavy atom. The molecule has 98 valence electrons. The normalized spacial score (nSPS) is 17.5. The Labute approximate surface area is 106 Å². The lowest BCUT2D eigenvalue weighted by Gasteiger charge is -2.35. The summed E-state index contributed by atoms with van der Waals surface area (Å²) < 4.78 is 0. The predicted octanol–water partition coefficient (Wildman–Crippen LogP) is 1.34. The maximum absolute atomic E-state index is 12.2. The van der Waals surface area contributed by atoms with Gasteiger partial charge in [-0.15, -0.1) is 0 Å². The molecular formula is C11H20N2O3S. The van der Waals surface area contributed by atoms with Crippen LogP contribution in [0.1, 0.15) is 20.3 Å². The maximum atomic E-state index is 12.2. The van der Waals surface area contributed by atoms with E-state index in [0.29, 0.717) is 13.1 Å². The zero-order valence-corrected chi connectivity index (χ0v) is 11.4. The number of carboxylic acids is 1. The molecule has 0 aliphatic carbocycles. The molecule has 0 atom stereocenters. The van der Waals surface area contributed by atoms with E-state index >= 15 is 0 Å². The predicted molar refractivity (Wildman–Crippen MR) is 68.4 cm³/mol. The minimum absolute atomic E-state index is 0.195. The van der Waals surface area contributed by atoms with Crippen LogP contribution in [0, 0.1) is 0 Å². The van der Waals surface area contributed by atoms with E-state index in [-0.39, 0.29) is 6.03 Å². The number of amides is 2. The van der Waals surface area contributed by atoms with Gasteiger partial charge in [0.15, 0.2) is 0 Å². The van der Waals surface area contributed by atoms with Gasteiger partial charge in [0.2, 0.25) is 0 Å². The van der Waals surface area contributed by atoms with Crippen molar-refractivity contribution in [2.24, 2.45) is 0 Å². The van der Waals surface area contributed by atoms with Gasteiger partial charge in [0.1, 0.15) is 5.54 Å². The maximum Gasteiger partial charge on any atom is 0.329 e. The second-order valence-corrected chi connectivity index (χ2v) is 5.88. The van der Waals surface area contributed by atoms with Crippen molar-refractivity contribution in [1.29, 1.82) is 0 Å². The van der Waals surface area contributed by atoms with Crippen LogP contribution in [0.15, 0.2) is 0 Å². The van der Waals surface area contributed by atoms with E-state index in [0.717, 1.165) is 17.9 Å². The van der Waals surface area contributed by atoms with Gasteiger partial charge in [-0.25, -0.2) is 9.59 Å². The minimum Gasteiger partial charge on any atom is -0.480 e. The van der Waals surface area contributed by atoms with Gasteiger partial charge in [0.25, 0.3) is 0 Å². The van der Waals surface area contributed by atoms with Gasteiger partial charge in [-0.2, -0.15) is 11.8 Å². The van der Waals surface area contributed by atoms with Crippen LogP contribution in [0.25, 0.3) is 0 Å². The molecule has 1 aliphatic heterocycles. The number of carbonyl (C=O) groups is 2. The Bertz CT molecular complexity index is 299. The standard InChI is InChI=1S/C11H20N2O3S/c1-11(2,9(14)15)12(3)10(16)13-5-4-7-17-8-6-13/h4-8H2,1-3H3,(H,14,15). The first-order valence-electron chi connectivity index (χ1n) is 5.71. The first-order chi connectivity index (χ1) is 7.87. The fourth-order valence-corrected chi connectivity index (χ4v) is 2.42. The second kappa shape index (κ2) is 5.62. The molecule has 1 fully saturated rings. The molecule has 0 bridgehead atoms. The van der Waals surface area contributed by atoms with Gasteiger partial charge in [-0.3, -0.25) is 0 Å². The molecule has 0 radical (unpaired) electrons. The molecule has 17 heavy (non-hydrogen) atoms. The summed E-state index contributed by atoms with van der Waals surface area (Å²) in [5.41, 5.74) is -1.17. The van der Waals surface area contributed by atoms with Crippen molar-refractivity contribution in [3.8, 4) is 0 Å². The van der Waals surface area contributed by atoms with Crippen LogP contribution in [0.2, 0.25) is 0 Å². The quantitative estimate of drug-likeness (QED) is 0.814. The Hall–Kier alpha value is -0.910. The smallest absolute Gasteiger partial charge is 0.329 e. The van der Waals surface area contributed by atoms with Crippen LogP contribution in [0.5, 0.6) is 0 Å². The highest BCUT2D eigenvalue weighted by Gasteiger charge is 2.37. The molecule has 0 unspecified atom stereocenters. The third-order valence-corrected chi connectivity index (χ3v) is 4.19. The number of urea groups is 1. The average Bonchev–Trinajstić information content (AvgIpc) is 2.55. The van der Waals surface area contributed by atoms with E-state index < -0.39 is 11.5 Å². The molecule has 0 spiro atoms. The highest BCUT2D eigenvalue weighted by Crippen LogP contribution is 2.17. The Morgan fingerprint density at radius 2 is 1.94 bits per heavy atom. The van der Waals surface area contributed by atoms with Crippen molar-refractivity contribution in [3.05, 3.63) is 0 Å². The fraction of sp³-hybridized carbons (Fsp3) is 0.818. The summed E-state index contributed by atoms with van der Waals surface area (Å²) in [7, 11) is 1.55. The van der Waals surface area contributed by atoms with Crippen molar-refractivity contribution < 1.29 is 14.7 Å². The van der Waals surface area contributed by atoms with Crippen LogP contribution in [0.3, 0.4) is 0 Å². The molecule has 0 aromatic heterocycles. The van der Waals surface area contributed by atoms with Crippen molar-refractivity contribution in [3.63, 3.8) is 0 Å². The number of rotatable bonds is 2. The van der Waals surface area contributed by atoms with Gasteiger partial charge in [0.05, 0.1) is 0 Å². The third-order valence-electron chi connectivity index (χ3n) is 3.14. The number of thioether (sulfide) groups is 1.